The van der Waals surface area contributed by atoms with Crippen molar-refractivity contribution in [1.29, 1.82) is 0 Å². The molecule has 1 fully saturated rings. The minimum Gasteiger partial charge on any atom is -0.420 e. The Hall–Kier alpha value is -3.09. The van der Waals surface area contributed by atoms with E-state index in [4.69, 9.17) is 4.42 Å². The van der Waals surface area contributed by atoms with E-state index >= 15 is 0 Å². The molecule has 1 aromatic heterocycles. The van der Waals surface area contributed by atoms with Crippen LogP contribution in [-0.4, -0.2) is 34.1 Å². The molecule has 0 N–H and O–H groups in total. The summed E-state index contributed by atoms with van der Waals surface area (Å²) in [6, 6.07) is 11.7. The molecule has 1 aliphatic rings. The third-order valence-electron chi connectivity index (χ3n) is 4.69. The highest BCUT2D eigenvalue weighted by Gasteiger charge is 2.29. The van der Waals surface area contributed by atoms with Gasteiger partial charge in [-0.3, -0.25) is 4.79 Å². The minimum absolute atomic E-state index is 0.115. The third-order valence-corrected chi connectivity index (χ3v) is 4.69. The molecule has 7 heteroatoms. The minimum atomic E-state index is -0.426. The van der Waals surface area contributed by atoms with E-state index in [9.17, 15) is 13.6 Å². The molecular formula is C20H17F2N3O2. The molecule has 3 aromatic rings. The van der Waals surface area contributed by atoms with Gasteiger partial charge in [0.25, 0.3) is 11.8 Å². The van der Waals surface area contributed by atoms with Gasteiger partial charge >= 0.3 is 0 Å². The summed E-state index contributed by atoms with van der Waals surface area (Å²) in [4.78, 5) is 14.3. The maximum atomic E-state index is 13.9. The van der Waals surface area contributed by atoms with Crippen molar-refractivity contribution in [3.8, 4) is 11.5 Å². The maximum Gasteiger partial charge on any atom is 0.253 e. The van der Waals surface area contributed by atoms with Crippen molar-refractivity contribution < 1.29 is 18.0 Å². The van der Waals surface area contributed by atoms with Crippen molar-refractivity contribution in [3.05, 3.63) is 71.6 Å². The summed E-state index contributed by atoms with van der Waals surface area (Å²) < 4.78 is 32.7. The number of rotatable bonds is 3. The van der Waals surface area contributed by atoms with Crippen LogP contribution in [0.5, 0.6) is 0 Å². The molecular weight excluding hydrogens is 352 g/mol. The van der Waals surface area contributed by atoms with Gasteiger partial charge in [-0.1, -0.05) is 12.1 Å². The van der Waals surface area contributed by atoms with Crippen LogP contribution in [0.1, 0.15) is 35.0 Å². The molecule has 1 unspecified atom stereocenters. The van der Waals surface area contributed by atoms with Gasteiger partial charge < -0.3 is 9.32 Å². The first kappa shape index (κ1) is 17.3. The van der Waals surface area contributed by atoms with E-state index in [1.165, 1.54) is 30.3 Å². The fourth-order valence-electron chi connectivity index (χ4n) is 3.28. The molecule has 1 saturated heterocycles. The van der Waals surface area contributed by atoms with Crippen LogP contribution in [0.4, 0.5) is 8.78 Å². The Morgan fingerprint density at radius 1 is 1.07 bits per heavy atom. The second-order valence-corrected chi connectivity index (χ2v) is 6.52. The number of carbonyl (C=O) groups is 1. The van der Waals surface area contributed by atoms with Crippen molar-refractivity contribution in [2.75, 3.05) is 13.1 Å². The lowest BCUT2D eigenvalue weighted by atomic mass is 9.97. The van der Waals surface area contributed by atoms with Crippen LogP contribution < -0.4 is 0 Å². The molecule has 4 rings (SSSR count). The second-order valence-electron chi connectivity index (χ2n) is 6.52. The van der Waals surface area contributed by atoms with Crippen molar-refractivity contribution in [1.82, 2.24) is 15.1 Å². The summed E-state index contributed by atoms with van der Waals surface area (Å²) in [6.07, 6.45) is 1.58. The maximum absolute atomic E-state index is 13.9. The lowest BCUT2D eigenvalue weighted by Gasteiger charge is -2.31. The first-order chi connectivity index (χ1) is 13.1. The molecule has 1 aliphatic heterocycles. The molecule has 0 saturated carbocycles. The van der Waals surface area contributed by atoms with E-state index in [0.717, 1.165) is 12.8 Å². The van der Waals surface area contributed by atoms with Gasteiger partial charge in [-0.25, -0.2) is 8.78 Å². The summed E-state index contributed by atoms with van der Waals surface area (Å²) >= 11 is 0. The third kappa shape index (κ3) is 3.58. The quantitative estimate of drug-likeness (QED) is 0.699. The van der Waals surface area contributed by atoms with E-state index in [1.54, 1.807) is 23.1 Å². The lowest BCUT2D eigenvalue weighted by Crippen LogP contribution is -2.39. The van der Waals surface area contributed by atoms with Gasteiger partial charge in [0.15, 0.2) is 0 Å². The molecule has 1 atom stereocenters. The number of carbonyl (C=O) groups excluding carboxylic acids is 1. The van der Waals surface area contributed by atoms with Crippen molar-refractivity contribution in [2.24, 2.45) is 0 Å². The van der Waals surface area contributed by atoms with Crippen LogP contribution in [0.15, 0.2) is 52.9 Å². The molecule has 2 aromatic carbocycles. The predicted molar refractivity (Wildman–Crippen MR) is 94.0 cm³/mol. The number of amides is 1. The lowest BCUT2D eigenvalue weighted by molar-refractivity contribution is 0.0698. The molecule has 2 heterocycles. The number of aromatic nitrogens is 2. The van der Waals surface area contributed by atoms with E-state index in [2.05, 4.69) is 10.2 Å². The van der Waals surface area contributed by atoms with E-state index in [-0.39, 0.29) is 29.1 Å². The molecule has 0 radical (unpaired) electrons. The molecule has 0 spiro atoms. The van der Waals surface area contributed by atoms with Crippen molar-refractivity contribution in [3.63, 3.8) is 0 Å². The zero-order valence-corrected chi connectivity index (χ0v) is 14.4. The molecule has 0 aliphatic carbocycles. The highest BCUT2D eigenvalue weighted by atomic mass is 19.1. The first-order valence-electron chi connectivity index (χ1n) is 8.75. The second kappa shape index (κ2) is 7.26. The summed E-state index contributed by atoms with van der Waals surface area (Å²) in [6.45, 7) is 1.04. The number of benzene rings is 2. The average Bonchev–Trinajstić information content (AvgIpc) is 3.18. The number of halogens is 2. The van der Waals surface area contributed by atoms with Crippen LogP contribution in [0.3, 0.4) is 0 Å². The van der Waals surface area contributed by atoms with Crippen LogP contribution in [-0.2, 0) is 0 Å². The van der Waals surface area contributed by atoms with E-state index in [0.29, 0.717) is 24.5 Å². The fourth-order valence-corrected chi connectivity index (χ4v) is 3.28. The molecule has 138 valence electrons. The van der Waals surface area contributed by atoms with Crippen LogP contribution in [0, 0.1) is 11.6 Å². The van der Waals surface area contributed by atoms with Crippen molar-refractivity contribution in [2.45, 2.75) is 18.8 Å². The van der Waals surface area contributed by atoms with Crippen LogP contribution >= 0.6 is 0 Å². The van der Waals surface area contributed by atoms with E-state index < -0.39 is 5.82 Å². The number of nitrogens with zero attached hydrogens (tertiary/aromatic N) is 3. The number of piperidine rings is 1. The van der Waals surface area contributed by atoms with E-state index in [1.807, 2.05) is 0 Å². The van der Waals surface area contributed by atoms with Gasteiger partial charge in [0.1, 0.15) is 11.6 Å². The zero-order valence-electron chi connectivity index (χ0n) is 14.4. The van der Waals surface area contributed by atoms with Gasteiger partial charge in [-0.15, -0.1) is 10.2 Å². The van der Waals surface area contributed by atoms with Gasteiger partial charge in [0, 0.05) is 18.7 Å². The van der Waals surface area contributed by atoms with Crippen LogP contribution in [0.2, 0.25) is 0 Å². The zero-order chi connectivity index (χ0) is 18.8. The summed E-state index contributed by atoms with van der Waals surface area (Å²) in [7, 11) is 0. The van der Waals surface area contributed by atoms with Crippen molar-refractivity contribution >= 4 is 5.91 Å². The number of hydrogen-bond acceptors (Lipinski definition) is 4. The molecule has 1 amide bonds. The summed E-state index contributed by atoms with van der Waals surface area (Å²) in [5.74, 6) is -0.557. The smallest absolute Gasteiger partial charge is 0.253 e. The Morgan fingerprint density at radius 2 is 1.85 bits per heavy atom. The standard InChI is InChI=1S/C20H17F2N3O2/c21-15-9-7-13(8-10-15)20(26)25-11-3-4-14(12-25)18-23-24-19(27-18)16-5-1-2-6-17(16)22/h1-2,5-10,14H,3-4,11-12H2. The Morgan fingerprint density at radius 3 is 2.63 bits per heavy atom. The fraction of sp³-hybridized carbons (Fsp3) is 0.250. The Bertz CT molecular complexity index is 956. The Balaban J connectivity index is 1.51. The molecule has 27 heavy (non-hydrogen) atoms. The average molecular weight is 369 g/mol. The Kier molecular flexibility index (Phi) is 4.66. The highest BCUT2D eigenvalue weighted by molar-refractivity contribution is 5.94. The van der Waals surface area contributed by atoms with Gasteiger partial charge in [0.05, 0.1) is 11.5 Å². The predicted octanol–water partition coefficient (Wildman–Crippen LogP) is 4.03. The largest absolute Gasteiger partial charge is 0.420 e. The Labute approximate surface area is 154 Å². The topological polar surface area (TPSA) is 59.2 Å². The van der Waals surface area contributed by atoms with Gasteiger partial charge in [0.2, 0.25) is 5.89 Å². The SMILES string of the molecule is O=C(c1ccc(F)cc1)N1CCCC(c2nnc(-c3ccccc3F)o2)C1. The van der Waals surface area contributed by atoms with Crippen LogP contribution in [0.25, 0.3) is 11.5 Å². The number of likely N-dealkylation sites (tertiary alicyclic amines) is 1. The number of hydrogen-bond donors (Lipinski definition) is 0. The monoisotopic (exact) mass is 369 g/mol. The molecule has 5 nitrogen and oxygen atoms in total. The summed E-state index contributed by atoms with van der Waals surface area (Å²) in [5.41, 5.74) is 0.695. The highest BCUT2D eigenvalue weighted by Crippen LogP contribution is 2.29. The van der Waals surface area contributed by atoms with Gasteiger partial charge in [-0.05, 0) is 49.2 Å². The summed E-state index contributed by atoms with van der Waals surface area (Å²) in [5, 5.41) is 8.02. The van der Waals surface area contributed by atoms with Gasteiger partial charge in [-0.2, -0.15) is 0 Å². The molecule has 0 bridgehead atoms. The first-order valence-corrected chi connectivity index (χ1v) is 8.75. The normalized spacial score (nSPS) is 17.1.